The Bertz CT molecular complexity index is 1140. The number of piperazine rings is 1. The van der Waals surface area contributed by atoms with Gasteiger partial charge in [-0.15, -0.1) is 0 Å². The number of amidine groups is 1. The summed E-state index contributed by atoms with van der Waals surface area (Å²) in [5.74, 6) is -7.49. The van der Waals surface area contributed by atoms with Crippen LogP contribution in [-0.4, -0.2) is 72.7 Å². The number of fused-ring (bicyclic) bond motifs is 2. The third kappa shape index (κ3) is 5.54. The molecule has 11 heteroatoms. The third-order valence-corrected chi connectivity index (χ3v) is 6.38. The smallest absolute Gasteiger partial charge is 0.326 e. The molecule has 2 aliphatic heterocycles. The van der Waals surface area contributed by atoms with Crippen molar-refractivity contribution in [1.82, 2.24) is 15.1 Å². The van der Waals surface area contributed by atoms with Gasteiger partial charge >= 0.3 is 11.8 Å². The Labute approximate surface area is 205 Å². The zero-order valence-corrected chi connectivity index (χ0v) is 20.0. The predicted octanol–water partition coefficient (Wildman–Crippen LogP) is 4.94. The molecule has 1 atom stereocenters. The lowest BCUT2D eigenvalue weighted by molar-refractivity contribution is -0.194. The first-order valence-corrected chi connectivity index (χ1v) is 11.5. The summed E-state index contributed by atoms with van der Waals surface area (Å²) in [4.78, 5) is 21.1. The van der Waals surface area contributed by atoms with Gasteiger partial charge in [0, 0.05) is 44.0 Å². The lowest BCUT2D eigenvalue weighted by atomic mass is 10.1. The summed E-state index contributed by atoms with van der Waals surface area (Å²) in [7, 11) is 1.82. The van der Waals surface area contributed by atoms with Crippen molar-refractivity contribution in [3.05, 3.63) is 53.1 Å². The lowest BCUT2D eigenvalue weighted by Gasteiger charge is -2.40. The number of carbonyl (C=O) groups is 1. The number of aliphatic imine (C=N–C) groups is 1. The van der Waals surface area contributed by atoms with E-state index in [9.17, 15) is 22.4 Å². The Hall–Kier alpha value is -2.85. The topological polar surface area (TPSA) is 57.2 Å². The van der Waals surface area contributed by atoms with Crippen molar-refractivity contribution >= 4 is 29.0 Å². The molecule has 4 rings (SSSR count). The number of hydrogen-bond donors (Lipinski definition) is 1. The molecule has 188 valence electrons. The maximum Gasteiger partial charge on any atom is 0.326 e. The van der Waals surface area contributed by atoms with Crippen LogP contribution in [0.2, 0.25) is 5.02 Å². The standard InChI is InChI=1S/C24H25ClF4N4O2/c1-23(26,27)24(28,29)14-30-21(34)12-16-13-33(10-9-32(16)2)22-17-5-3-4-6-19(17)35-20-8-7-15(25)11-18(20)31-22/h3-8,11,16H,9-10,12-14H2,1-2H3,(H,30,34)/t16-/m0/s1. The molecule has 0 bridgehead atoms. The Morgan fingerprint density at radius 1 is 1.17 bits per heavy atom. The Kier molecular flexibility index (Phi) is 6.97. The number of alkyl halides is 4. The summed E-state index contributed by atoms with van der Waals surface area (Å²) in [5, 5.41) is 2.46. The van der Waals surface area contributed by atoms with Gasteiger partial charge in [-0.1, -0.05) is 23.7 Å². The summed E-state index contributed by atoms with van der Waals surface area (Å²) in [6.45, 7) is 0.244. The number of para-hydroxylation sites is 1. The first-order valence-electron chi connectivity index (χ1n) is 11.1. The summed E-state index contributed by atoms with van der Waals surface area (Å²) >= 11 is 6.17. The van der Waals surface area contributed by atoms with Gasteiger partial charge in [0.2, 0.25) is 5.91 Å². The van der Waals surface area contributed by atoms with E-state index < -0.39 is 24.3 Å². The first kappa shape index (κ1) is 25.2. The van der Waals surface area contributed by atoms with Crippen LogP contribution in [0.5, 0.6) is 11.5 Å². The maximum atomic E-state index is 13.6. The van der Waals surface area contributed by atoms with Gasteiger partial charge in [0.05, 0.1) is 12.1 Å². The molecule has 0 aromatic heterocycles. The van der Waals surface area contributed by atoms with E-state index in [1.165, 1.54) is 0 Å². The molecule has 1 saturated heterocycles. The van der Waals surface area contributed by atoms with Crippen molar-refractivity contribution < 1.29 is 27.1 Å². The first-order chi connectivity index (χ1) is 16.4. The summed E-state index contributed by atoms with van der Waals surface area (Å²) in [6, 6.07) is 12.2. The largest absolute Gasteiger partial charge is 0.454 e. The minimum Gasteiger partial charge on any atom is -0.454 e. The van der Waals surface area contributed by atoms with Crippen molar-refractivity contribution in [2.24, 2.45) is 4.99 Å². The van der Waals surface area contributed by atoms with Crippen LogP contribution in [0, 0.1) is 0 Å². The van der Waals surface area contributed by atoms with Crippen molar-refractivity contribution in [2.75, 3.05) is 33.2 Å². The van der Waals surface area contributed by atoms with E-state index in [1.807, 2.05) is 46.4 Å². The molecule has 1 N–H and O–H groups in total. The number of rotatable bonds is 5. The van der Waals surface area contributed by atoms with E-state index in [0.29, 0.717) is 47.7 Å². The van der Waals surface area contributed by atoms with Gasteiger partial charge in [0.1, 0.15) is 17.3 Å². The molecule has 2 aromatic carbocycles. The fourth-order valence-electron chi connectivity index (χ4n) is 3.95. The summed E-state index contributed by atoms with van der Waals surface area (Å²) < 4.78 is 59.3. The second-order valence-electron chi connectivity index (χ2n) is 8.80. The van der Waals surface area contributed by atoms with Gasteiger partial charge in [-0.05, 0) is 37.4 Å². The summed E-state index contributed by atoms with van der Waals surface area (Å²) in [6.07, 6.45) is -0.133. The minimum atomic E-state index is -4.33. The quantitative estimate of drug-likeness (QED) is 0.577. The fraction of sp³-hybridized carbons (Fsp3) is 0.417. The zero-order chi connectivity index (χ0) is 25.4. The van der Waals surface area contributed by atoms with Gasteiger partial charge < -0.3 is 15.0 Å². The highest BCUT2D eigenvalue weighted by Crippen LogP contribution is 2.39. The Balaban J connectivity index is 1.54. The van der Waals surface area contributed by atoms with E-state index in [2.05, 4.69) is 0 Å². The molecule has 0 spiro atoms. The average molecular weight is 513 g/mol. The van der Waals surface area contributed by atoms with E-state index in [-0.39, 0.29) is 19.4 Å². The van der Waals surface area contributed by atoms with Gasteiger partial charge in [-0.2, -0.15) is 8.78 Å². The van der Waals surface area contributed by atoms with Crippen LogP contribution >= 0.6 is 11.6 Å². The number of nitrogens with zero attached hydrogens (tertiary/aromatic N) is 3. The fourth-order valence-corrected chi connectivity index (χ4v) is 4.11. The molecule has 35 heavy (non-hydrogen) atoms. The number of benzene rings is 2. The molecule has 2 aromatic rings. The van der Waals surface area contributed by atoms with Gasteiger partial charge in [0.25, 0.3) is 0 Å². The number of ether oxygens (including phenoxy) is 1. The summed E-state index contributed by atoms with van der Waals surface area (Å²) in [5.41, 5.74) is 1.32. The normalized spacial score (nSPS) is 18.7. The molecule has 0 saturated carbocycles. The molecule has 0 radical (unpaired) electrons. The lowest BCUT2D eigenvalue weighted by Crippen LogP contribution is -2.55. The molecule has 0 unspecified atom stereocenters. The molecule has 1 fully saturated rings. The molecular formula is C24H25ClF4N4O2. The van der Waals surface area contributed by atoms with Crippen LogP contribution in [0.25, 0.3) is 0 Å². The Morgan fingerprint density at radius 3 is 2.66 bits per heavy atom. The molecule has 6 nitrogen and oxygen atoms in total. The number of nitrogens with one attached hydrogen (secondary N) is 1. The van der Waals surface area contributed by atoms with E-state index in [0.717, 1.165) is 5.56 Å². The van der Waals surface area contributed by atoms with Crippen molar-refractivity contribution in [1.29, 1.82) is 0 Å². The SMILES string of the molecule is CN1CCN(C2=Nc3cc(Cl)ccc3Oc3ccccc32)C[C@@H]1CC(=O)NCC(F)(F)C(C)(F)F. The third-order valence-electron chi connectivity index (χ3n) is 6.14. The van der Waals surface area contributed by atoms with E-state index in [4.69, 9.17) is 21.3 Å². The number of likely N-dealkylation sites (N-methyl/N-ethyl adjacent to an activating group) is 1. The zero-order valence-electron chi connectivity index (χ0n) is 19.2. The maximum absolute atomic E-state index is 13.6. The van der Waals surface area contributed by atoms with Gasteiger partial charge in [-0.3, -0.25) is 9.69 Å². The van der Waals surface area contributed by atoms with E-state index in [1.54, 1.807) is 18.2 Å². The average Bonchev–Trinajstić information content (AvgIpc) is 2.95. The monoisotopic (exact) mass is 512 g/mol. The van der Waals surface area contributed by atoms with Crippen LogP contribution in [0.4, 0.5) is 23.2 Å². The number of hydrogen-bond acceptors (Lipinski definition) is 5. The number of carbonyl (C=O) groups excluding carboxylic acids is 1. The van der Waals surface area contributed by atoms with Crippen LogP contribution in [0.1, 0.15) is 18.9 Å². The van der Waals surface area contributed by atoms with E-state index >= 15 is 0 Å². The van der Waals surface area contributed by atoms with Gasteiger partial charge in [-0.25, -0.2) is 13.8 Å². The predicted molar refractivity (Wildman–Crippen MR) is 125 cm³/mol. The molecule has 1 amide bonds. The van der Waals surface area contributed by atoms with Crippen LogP contribution in [0.15, 0.2) is 47.5 Å². The van der Waals surface area contributed by atoms with Gasteiger partial charge in [0.15, 0.2) is 5.75 Å². The van der Waals surface area contributed by atoms with Crippen molar-refractivity contribution in [3.8, 4) is 11.5 Å². The number of amides is 1. The van der Waals surface area contributed by atoms with Crippen LogP contribution in [0.3, 0.4) is 0 Å². The van der Waals surface area contributed by atoms with Crippen molar-refractivity contribution in [2.45, 2.75) is 31.2 Å². The molecule has 2 aliphatic rings. The van der Waals surface area contributed by atoms with Crippen LogP contribution < -0.4 is 10.1 Å². The van der Waals surface area contributed by atoms with Crippen LogP contribution in [-0.2, 0) is 4.79 Å². The Morgan fingerprint density at radius 2 is 1.91 bits per heavy atom. The second-order valence-corrected chi connectivity index (χ2v) is 9.24. The van der Waals surface area contributed by atoms with Crippen molar-refractivity contribution in [3.63, 3.8) is 0 Å². The second kappa shape index (κ2) is 9.66. The highest BCUT2D eigenvalue weighted by atomic mass is 35.5. The number of halogens is 5. The highest BCUT2D eigenvalue weighted by Gasteiger charge is 2.52. The molecule has 0 aliphatic carbocycles. The highest BCUT2D eigenvalue weighted by molar-refractivity contribution is 6.31. The molecular weight excluding hydrogens is 488 g/mol. The minimum absolute atomic E-state index is 0.131. The molecule has 2 heterocycles.